The lowest BCUT2D eigenvalue weighted by Gasteiger charge is -2.30. The number of hydrogen-bond donors (Lipinski definition) is 0. The van der Waals surface area contributed by atoms with Crippen molar-refractivity contribution in [1.82, 2.24) is 0 Å². The molecule has 0 spiro atoms. The van der Waals surface area contributed by atoms with E-state index in [0.29, 0.717) is 6.61 Å². The van der Waals surface area contributed by atoms with E-state index in [1.807, 2.05) is 0 Å². The maximum Gasteiger partial charge on any atom is 0.158 e. The van der Waals surface area contributed by atoms with Gasteiger partial charge in [-0.3, -0.25) is 0 Å². The van der Waals surface area contributed by atoms with E-state index in [0.717, 1.165) is 17.4 Å². The molecule has 0 N–H and O–H groups in total. The Morgan fingerprint density at radius 2 is 2.17 bits per heavy atom. The second-order valence-electron chi connectivity index (χ2n) is 2.39. The molecule has 0 aromatic carbocycles. The Balaban J connectivity index is 2.60. The highest BCUT2D eigenvalue weighted by Crippen LogP contribution is 2.37. The van der Waals surface area contributed by atoms with Crippen LogP contribution in [0.1, 0.15) is 6.42 Å². The molecule has 0 aromatic rings. The first kappa shape index (κ1) is 10.8. The molecule has 0 radical (unpaired) electrons. The summed E-state index contributed by atoms with van der Waals surface area (Å²) in [6.07, 6.45) is 0.439. The summed E-state index contributed by atoms with van der Waals surface area (Å²) in [6.45, 7) is 0.594. The SMILES string of the molecule is N#CC1OCCC(SCl)C1SCl. The van der Waals surface area contributed by atoms with Gasteiger partial charge in [0.2, 0.25) is 0 Å². The third kappa shape index (κ3) is 2.36. The van der Waals surface area contributed by atoms with Gasteiger partial charge in [0.1, 0.15) is 0 Å². The molecule has 1 aliphatic rings. The first-order chi connectivity index (χ1) is 5.83. The maximum atomic E-state index is 8.71. The molecule has 3 unspecified atom stereocenters. The number of rotatable bonds is 2. The van der Waals surface area contributed by atoms with Gasteiger partial charge < -0.3 is 4.74 Å². The van der Waals surface area contributed by atoms with Crippen LogP contribution in [0.2, 0.25) is 0 Å². The Hall–Kier alpha value is 0.730. The summed E-state index contributed by atoms with van der Waals surface area (Å²) in [4.78, 5) is 0. The Labute approximate surface area is 88.9 Å². The van der Waals surface area contributed by atoms with Crippen molar-refractivity contribution in [3.63, 3.8) is 0 Å². The first-order valence-corrected chi connectivity index (χ1v) is 6.80. The molecule has 0 amide bonds. The standard InChI is InChI=1S/C6H7Cl2NOS2/c7-11-5-1-2-10-4(3-9)6(5)12-8/h4-6H,1-2H2. The highest BCUT2D eigenvalue weighted by atomic mass is 35.7. The Bertz CT molecular complexity index is 187. The predicted molar refractivity (Wildman–Crippen MR) is 54.4 cm³/mol. The molecule has 2 nitrogen and oxygen atoms in total. The summed E-state index contributed by atoms with van der Waals surface area (Å²) in [7, 11) is 13.7. The zero-order chi connectivity index (χ0) is 8.97. The smallest absolute Gasteiger partial charge is 0.158 e. The molecular formula is C6H7Cl2NOS2. The van der Waals surface area contributed by atoms with Crippen molar-refractivity contribution in [3.05, 3.63) is 0 Å². The van der Waals surface area contributed by atoms with Crippen molar-refractivity contribution < 1.29 is 4.74 Å². The van der Waals surface area contributed by atoms with E-state index in [1.54, 1.807) is 0 Å². The second kappa shape index (κ2) is 5.46. The van der Waals surface area contributed by atoms with Gasteiger partial charge in [-0.25, -0.2) is 0 Å². The van der Waals surface area contributed by atoms with E-state index in [-0.39, 0.29) is 10.5 Å². The van der Waals surface area contributed by atoms with Crippen LogP contribution in [-0.4, -0.2) is 23.2 Å². The number of halogens is 2. The Kier molecular flexibility index (Phi) is 4.92. The van der Waals surface area contributed by atoms with Crippen molar-refractivity contribution in [1.29, 1.82) is 5.26 Å². The van der Waals surface area contributed by atoms with Gasteiger partial charge in [-0.15, -0.1) is 0 Å². The highest BCUT2D eigenvalue weighted by molar-refractivity contribution is 8.24. The molecular weight excluding hydrogens is 237 g/mol. The highest BCUT2D eigenvalue weighted by Gasteiger charge is 2.34. The molecule has 12 heavy (non-hydrogen) atoms. The fourth-order valence-corrected chi connectivity index (χ4v) is 3.94. The Morgan fingerprint density at radius 3 is 2.67 bits per heavy atom. The lowest BCUT2D eigenvalue weighted by Crippen LogP contribution is -2.38. The van der Waals surface area contributed by atoms with E-state index in [4.69, 9.17) is 31.4 Å². The molecule has 68 valence electrons. The van der Waals surface area contributed by atoms with Gasteiger partial charge in [-0.1, -0.05) is 11.0 Å². The van der Waals surface area contributed by atoms with Crippen LogP contribution in [0.3, 0.4) is 0 Å². The third-order valence-corrected chi connectivity index (χ3v) is 4.72. The van der Waals surface area contributed by atoms with Crippen LogP contribution in [0.5, 0.6) is 0 Å². The summed E-state index contributed by atoms with van der Waals surface area (Å²) in [5, 5.41) is 8.90. The minimum absolute atomic E-state index is 0.0204. The van der Waals surface area contributed by atoms with Crippen molar-refractivity contribution in [3.8, 4) is 6.07 Å². The monoisotopic (exact) mass is 243 g/mol. The normalized spacial score (nSPS) is 35.9. The summed E-state index contributed by atoms with van der Waals surface area (Å²) in [5.74, 6) is 0. The largest absolute Gasteiger partial charge is 0.362 e. The van der Waals surface area contributed by atoms with E-state index < -0.39 is 6.10 Å². The summed E-state index contributed by atoms with van der Waals surface area (Å²) >= 11 is 0. The molecule has 1 heterocycles. The van der Waals surface area contributed by atoms with Gasteiger partial charge in [-0.2, -0.15) is 5.26 Å². The van der Waals surface area contributed by atoms with E-state index in [9.17, 15) is 0 Å². The molecule has 0 aromatic heterocycles. The Morgan fingerprint density at radius 1 is 1.42 bits per heavy atom. The van der Waals surface area contributed by atoms with Crippen LogP contribution in [0.4, 0.5) is 0 Å². The summed E-state index contributed by atoms with van der Waals surface area (Å²) in [5.41, 5.74) is 0. The van der Waals surface area contributed by atoms with Crippen molar-refractivity contribution in [2.45, 2.75) is 23.0 Å². The number of ether oxygens (including phenoxy) is 1. The van der Waals surface area contributed by atoms with Crippen LogP contribution in [-0.2, 0) is 4.74 Å². The van der Waals surface area contributed by atoms with E-state index in [2.05, 4.69) is 6.07 Å². The van der Waals surface area contributed by atoms with Gasteiger partial charge >= 0.3 is 0 Å². The zero-order valence-electron chi connectivity index (χ0n) is 6.07. The zero-order valence-corrected chi connectivity index (χ0v) is 9.22. The number of nitriles is 1. The lowest BCUT2D eigenvalue weighted by atomic mass is 10.1. The van der Waals surface area contributed by atoms with E-state index >= 15 is 0 Å². The fourth-order valence-electron chi connectivity index (χ4n) is 1.08. The minimum atomic E-state index is -0.419. The number of hydrogen-bond acceptors (Lipinski definition) is 4. The van der Waals surface area contributed by atoms with Gasteiger partial charge in [0.15, 0.2) is 6.10 Å². The van der Waals surface area contributed by atoms with Crippen molar-refractivity contribution in [2.75, 3.05) is 6.61 Å². The molecule has 0 saturated carbocycles. The van der Waals surface area contributed by atoms with E-state index in [1.165, 1.54) is 11.0 Å². The minimum Gasteiger partial charge on any atom is -0.362 e. The fraction of sp³-hybridized carbons (Fsp3) is 0.833. The molecule has 0 bridgehead atoms. The third-order valence-electron chi connectivity index (χ3n) is 1.71. The van der Waals surface area contributed by atoms with Gasteiger partial charge in [0.25, 0.3) is 0 Å². The molecule has 1 aliphatic heterocycles. The molecule has 3 atom stereocenters. The molecule has 1 fully saturated rings. The molecule has 1 rings (SSSR count). The van der Waals surface area contributed by atoms with Crippen molar-refractivity contribution >= 4 is 43.3 Å². The van der Waals surface area contributed by atoms with Gasteiger partial charge in [-0.05, 0) is 38.8 Å². The van der Waals surface area contributed by atoms with Crippen LogP contribution in [0, 0.1) is 11.3 Å². The quantitative estimate of drug-likeness (QED) is 0.747. The van der Waals surface area contributed by atoms with Crippen LogP contribution < -0.4 is 0 Å². The van der Waals surface area contributed by atoms with Gasteiger partial charge in [0, 0.05) is 11.9 Å². The molecule has 1 saturated heterocycles. The van der Waals surface area contributed by atoms with Crippen LogP contribution in [0.25, 0.3) is 0 Å². The molecule has 0 aliphatic carbocycles. The lowest BCUT2D eigenvalue weighted by molar-refractivity contribution is 0.0596. The van der Waals surface area contributed by atoms with Crippen LogP contribution >= 0.6 is 43.3 Å². The van der Waals surface area contributed by atoms with Crippen LogP contribution in [0.15, 0.2) is 0 Å². The number of nitrogens with zero attached hydrogens (tertiary/aromatic N) is 1. The van der Waals surface area contributed by atoms with Crippen molar-refractivity contribution in [2.24, 2.45) is 0 Å². The molecule has 6 heteroatoms. The van der Waals surface area contributed by atoms with Gasteiger partial charge in [0.05, 0.1) is 11.3 Å². The average Bonchev–Trinajstić information content (AvgIpc) is 2.16. The second-order valence-corrected chi connectivity index (χ2v) is 4.97. The summed E-state index contributed by atoms with van der Waals surface area (Å²) in [6, 6.07) is 2.07. The average molecular weight is 244 g/mol. The topological polar surface area (TPSA) is 33.0 Å². The maximum absolute atomic E-state index is 8.71. The summed E-state index contributed by atoms with van der Waals surface area (Å²) < 4.78 is 5.22. The predicted octanol–water partition coefficient (Wildman–Crippen LogP) is 2.81. The first-order valence-electron chi connectivity index (χ1n) is 3.39.